The summed E-state index contributed by atoms with van der Waals surface area (Å²) in [7, 11) is 0. The van der Waals surface area contributed by atoms with Gasteiger partial charge in [-0.1, -0.05) is 12.1 Å². The lowest BCUT2D eigenvalue weighted by Crippen LogP contribution is -2.02. The topological polar surface area (TPSA) is 45.0 Å². The van der Waals surface area contributed by atoms with Gasteiger partial charge in [-0.2, -0.15) is 5.26 Å². The Balaban J connectivity index is 2.05. The Morgan fingerprint density at radius 2 is 1.81 bits per heavy atom. The molecule has 0 spiro atoms. The predicted octanol–water partition coefficient (Wildman–Crippen LogP) is 3.62. The van der Waals surface area contributed by atoms with Gasteiger partial charge in [-0.15, -0.1) is 0 Å². The number of nitrogens with one attached hydrogen (secondary N) is 1. The van der Waals surface area contributed by atoms with Crippen molar-refractivity contribution in [2.45, 2.75) is 6.54 Å². The highest BCUT2D eigenvalue weighted by Crippen LogP contribution is 2.19. The fraction of sp³-hybridized carbons (Fsp3) is 0.133. The third-order valence-corrected chi connectivity index (χ3v) is 2.68. The summed E-state index contributed by atoms with van der Waals surface area (Å²) < 4.78 is 44.1. The van der Waals surface area contributed by atoms with E-state index in [1.54, 1.807) is 24.3 Å². The third kappa shape index (κ3) is 3.89. The van der Waals surface area contributed by atoms with E-state index >= 15 is 0 Å². The van der Waals surface area contributed by atoms with E-state index in [9.17, 15) is 13.2 Å². The summed E-state index contributed by atoms with van der Waals surface area (Å²) >= 11 is 0. The number of benzene rings is 2. The SMILES string of the molecule is N#CCOc1cccc(CNc2cc(F)c(F)c(F)c2)c1. The molecule has 21 heavy (non-hydrogen) atoms. The number of hydrogen-bond donors (Lipinski definition) is 1. The first-order valence-electron chi connectivity index (χ1n) is 6.07. The Morgan fingerprint density at radius 1 is 1.10 bits per heavy atom. The van der Waals surface area contributed by atoms with Crippen molar-refractivity contribution in [3.8, 4) is 11.8 Å². The van der Waals surface area contributed by atoms with Gasteiger partial charge in [0.15, 0.2) is 24.1 Å². The number of nitriles is 1. The Hall–Kier alpha value is -2.68. The Bertz CT molecular complexity index is 660. The van der Waals surface area contributed by atoms with Crippen LogP contribution in [0.5, 0.6) is 5.75 Å². The van der Waals surface area contributed by atoms with E-state index in [0.29, 0.717) is 5.75 Å². The van der Waals surface area contributed by atoms with Crippen LogP contribution in [-0.2, 0) is 6.54 Å². The molecule has 0 unspecified atom stereocenters. The molecular formula is C15H11F3N2O. The molecule has 108 valence electrons. The van der Waals surface area contributed by atoms with Crippen LogP contribution >= 0.6 is 0 Å². The summed E-state index contributed by atoms with van der Waals surface area (Å²) in [5, 5.41) is 11.2. The van der Waals surface area contributed by atoms with Gasteiger partial charge < -0.3 is 10.1 Å². The van der Waals surface area contributed by atoms with Crippen LogP contribution < -0.4 is 10.1 Å². The predicted molar refractivity (Wildman–Crippen MR) is 71.2 cm³/mol. The molecule has 0 bridgehead atoms. The Kier molecular flexibility index (Phi) is 4.67. The molecule has 0 heterocycles. The lowest BCUT2D eigenvalue weighted by Gasteiger charge is -2.09. The number of nitrogens with zero attached hydrogens (tertiary/aromatic N) is 1. The van der Waals surface area contributed by atoms with Crippen LogP contribution in [-0.4, -0.2) is 6.61 Å². The van der Waals surface area contributed by atoms with Gasteiger partial charge in [-0.05, 0) is 17.7 Å². The highest BCUT2D eigenvalue weighted by molar-refractivity contribution is 5.45. The van der Waals surface area contributed by atoms with Crippen LogP contribution in [0.4, 0.5) is 18.9 Å². The summed E-state index contributed by atoms with van der Waals surface area (Å²) in [6.45, 7) is 0.208. The number of anilines is 1. The first-order chi connectivity index (χ1) is 10.1. The second-order valence-electron chi connectivity index (χ2n) is 4.20. The van der Waals surface area contributed by atoms with Gasteiger partial charge in [-0.3, -0.25) is 0 Å². The minimum atomic E-state index is -1.49. The molecule has 0 fully saturated rings. The van der Waals surface area contributed by atoms with Crippen molar-refractivity contribution in [3.63, 3.8) is 0 Å². The van der Waals surface area contributed by atoms with Crippen molar-refractivity contribution in [1.29, 1.82) is 5.26 Å². The molecule has 0 radical (unpaired) electrons. The molecule has 0 saturated heterocycles. The van der Waals surface area contributed by atoms with Gasteiger partial charge in [0.25, 0.3) is 0 Å². The third-order valence-electron chi connectivity index (χ3n) is 2.68. The van der Waals surface area contributed by atoms with Crippen LogP contribution in [0.2, 0.25) is 0 Å². The van der Waals surface area contributed by atoms with Crippen LogP contribution in [0.15, 0.2) is 36.4 Å². The number of hydrogen-bond acceptors (Lipinski definition) is 3. The maximum absolute atomic E-state index is 13.1. The van der Waals surface area contributed by atoms with Crippen molar-refractivity contribution in [3.05, 3.63) is 59.4 Å². The van der Waals surface area contributed by atoms with Crippen molar-refractivity contribution in [2.75, 3.05) is 11.9 Å². The maximum atomic E-state index is 13.1. The lowest BCUT2D eigenvalue weighted by molar-refractivity contribution is 0.368. The lowest BCUT2D eigenvalue weighted by atomic mass is 10.2. The van der Waals surface area contributed by atoms with E-state index in [-0.39, 0.29) is 18.8 Å². The molecule has 2 aromatic rings. The minimum absolute atomic E-state index is 0.0642. The fourth-order valence-electron chi connectivity index (χ4n) is 1.72. The van der Waals surface area contributed by atoms with E-state index < -0.39 is 17.5 Å². The van der Waals surface area contributed by atoms with E-state index in [4.69, 9.17) is 10.00 Å². The van der Waals surface area contributed by atoms with Gasteiger partial charge in [0.1, 0.15) is 11.8 Å². The zero-order valence-electron chi connectivity index (χ0n) is 10.9. The molecule has 0 saturated carbocycles. The fourth-order valence-corrected chi connectivity index (χ4v) is 1.72. The van der Waals surface area contributed by atoms with Gasteiger partial charge in [0.2, 0.25) is 0 Å². The average Bonchev–Trinajstić information content (AvgIpc) is 2.49. The monoisotopic (exact) mass is 292 g/mol. The van der Waals surface area contributed by atoms with E-state index in [2.05, 4.69) is 5.32 Å². The summed E-state index contributed by atoms with van der Waals surface area (Å²) in [5.41, 5.74) is 0.922. The van der Waals surface area contributed by atoms with Crippen molar-refractivity contribution < 1.29 is 17.9 Å². The number of halogens is 3. The molecule has 0 aliphatic heterocycles. The second kappa shape index (κ2) is 6.66. The number of rotatable bonds is 5. The molecule has 6 heteroatoms. The summed E-state index contributed by atoms with van der Waals surface area (Å²) in [5.74, 6) is -3.47. The highest BCUT2D eigenvalue weighted by atomic mass is 19.2. The van der Waals surface area contributed by atoms with Crippen LogP contribution in [0, 0.1) is 28.8 Å². The van der Waals surface area contributed by atoms with Crippen molar-refractivity contribution in [1.82, 2.24) is 0 Å². The molecule has 0 aromatic heterocycles. The first-order valence-corrected chi connectivity index (χ1v) is 6.07. The standard InChI is InChI=1S/C15H11F3N2O/c16-13-7-11(8-14(17)15(13)18)20-9-10-2-1-3-12(6-10)21-5-4-19/h1-3,6-8,20H,5,9H2. The summed E-state index contributed by atoms with van der Waals surface area (Å²) in [6, 6.07) is 10.5. The maximum Gasteiger partial charge on any atom is 0.194 e. The van der Waals surface area contributed by atoms with E-state index in [1.165, 1.54) is 0 Å². The molecule has 0 aliphatic carbocycles. The van der Waals surface area contributed by atoms with Crippen LogP contribution in [0.1, 0.15) is 5.56 Å². The largest absolute Gasteiger partial charge is 0.479 e. The molecule has 2 rings (SSSR count). The first kappa shape index (κ1) is 14.7. The van der Waals surface area contributed by atoms with Crippen molar-refractivity contribution in [2.24, 2.45) is 0 Å². The normalized spacial score (nSPS) is 10.0. The average molecular weight is 292 g/mol. The van der Waals surface area contributed by atoms with Crippen LogP contribution in [0.25, 0.3) is 0 Å². The van der Waals surface area contributed by atoms with Gasteiger partial charge in [0, 0.05) is 24.4 Å². The molecular weight excluding hydrogens is 281 g/mol. The number of ether oxygens (including phenoxy) is 1. The van der Waals surface area contributed by atoms with Gasteiger partial charge in [0.05, 0.1) is 0 Å². The summed E-state index contributed by atoms with van der Waals surface area (Å²) in [4.78, 5) is 0. The van der Waals surface area contributed by atoms with Gasteiger partial charge in [-0.25, -0.2) is 13.2 Å². The smallest absolute Gasteiger partial charge is 0.194 e. The Labute approximate surface area is 119 Å². The molecule has 0 aliphatic rings. The second-order valence-corrected chi connectivity index (χ2v) is 4.20. The quantitative estimate of drug-likeness (QED) is 0.856. The molecule has 0 atom stereocenters. The zero-order valence-corrected chi connectivity index (χ0v) is 10.9. The van der Waals surface area contributed by atoms with Crippen LogP contribution in [0.3, 0.4) is 0 Å². The molecule has 3 nitrogen and oxygen atoms in total. The van der Waals surface area contributed by atoms with E-state index in [1.807, 2.05) is 6.07 Å². The molecule has 1 N–H and O–H groups in total. The van der Waals surface area contributed by atoms with Gasteiger partial charge >= 0.3 is 0 Å². The Morgan fingerprint density at radius 3 is 2.48 bits per heavy atom. The molecule has 0 amide bonds. The summed E-state index contributed by atoms with van der Waals surface area (Å²) in [6.07, 6.45) is 0. The van der Waals surface area contributed by atoms with E-state index in [0.717, 1.165) is 17.7 Å². The molecule has 2 aromatic carbocycles. The van der Waals surface area contributed by atoms with Crippen molar-refractivity contribution >= 4 is 5.69 Å². The minimum Gasteiger partial charge on any atom is -0.479 e. The zero-order chi connectivity index (χ0) is 15.2. The highest BCUT2D eigenvalue weighted by Gasteiger charge is 2.10.